The minimum atomic E-state index is -3.65. The van der Waals surface area contributed by atoms with Crippen molar-refractivity contribution in [1.82, 2.24) is 0 Å². The first-order valence-electron chi connectivity index (χ1n) is 6.95. The zero-order valence-electron chi connectivity index (χ0n) is 11.5. The second kappa shape index (κ2) is 5.48. The van der Waals surface area contributed by atoms with Crippen molar-refractivity contribution in [2.24, 2.45) is 0 Å². The first-order chi connectivity index (χ1) is 10.1. The van der Waals surface area contributed by atoms with Crippen molar-refractivity contribution in [3.05, 3.63) is 59.9 Å². The second-order valence-electron chi connectivity index (χ2n) is 5.12. The maximum absolute atomic E-state index is 13.0. The van der Waals surface area contributed by atoms with Crippen molar-refractivity contribution in [2.45, 2.75) is 24.2 Å². The molecular formula is C16H16FNO2S. The Bertz CT molecular complexity index is 741. The van der Waals surface area contributed by atoms with Crippen LogP contribution >= 0.6 is 0 Å². The van der Waals surface area contributed by atoms with E-state index in [1.54, 1.807) is 0 Å². The van der Waals surface area contributed by atoms with Gasteiger partial charge in [0.1, 0.15) is 5.82 Å². The van der Waals surface area contributed by atoms with Crippen LogP contribution in [-0.4, -0.2) is 15.0 Å². The van der Waals surface area contributed by atoms with Crippen LogP contribution in [0.3, 0.4) is 0 Å². The number of para-hydroxylation sites is 1. The van der Waals surface area contributed by atoms with Crippen LogP contribution < -0.4 is 4.31 Å². The van der Waals surface area contributed by atoms with E-state index in [2.05, 4.69) is 0 Å². The molecule has 21 heavy (non-hydrogen) atoms. The van der Waals surface area contributed by atoms with Crippen molar-refractivity contribution in [1.29, 1.82) is 0 Å². The number of anilines is 1. The molecule has 0 bridgehead atoms. The molecule has 1 aliphatic rings. The summed E-state index contributed by atoms with van der Waals surface area (Å²) < 4.78 is 40.1. The maximum atomic E-state index is 13.0. The molecule has 0 aliphatic carbocycles. The molecule has 0 aromatic heterocycles. The normalized spacial score (nSPS) is 15.4. The van der Waals surface area contributed by atoms with Crippen LogP contribution in [0.1, 0.15) is 18.4 Å². The summed E-state index contributed by atoms with van der Waals surface area (Å²) in [5, 5.41) is 0. The van der Waals surface area contributed by atoms with E-state index in [4.69, 9.17) is 0 Å². The van der Waals surface area contributed by atoms with Crippen LogP contribution in [0.5, 0.6) is 0 Å². The molecule has 0 saturated heterocycles. The molecule has 3 nitrogen and oxygen atoms in total. The molecule has 0 saturated carbocycles. The summed E-state index contributed by atoms with van der Waals surface area (Å²) >= 11 is 0. The standard InChI is InChI=1S/C16H16FNO2S/c17-14-8-10-15(11-9-14)21(19,20)18-12-4-3-6-13-5-1-2-7-16(13)18/h1-2,5,7-11H,3-4,6,12H2. The molecule has 0 radical (unpaired) electrons. The third kappa shape index (κ3) is 2.65. The molecule has 1 aliphatic heterocycles. The molecule has 110 valence electrons. The summed E-state index contributed by atoms with van der Waals surface area (Å²) in [6, 6.07) is 12.6. The van der Waals surface area contributed by atoms with Gasteiger partial charge < -0.3 is 0 Å². The Balaban J connectivity index is 2.08. The van der Waals surface area contributed by atoms with Crippen LogP contribution in [0.4, 0.5) is 10.1 Å². The van der Waals surface area contributed by atoms with Gasteiger partial charge in [-0.25, -0.2) is 12.8 Å². The Morgan fingerprint density at radius 1 is 0.952 bits per heavy atom. The van der Waals surface area contributed by atoms with Crippen molar-refractivity contribution >= 4 is 15.7 Å². The molecule has 3 rings (SSSR count). The number of halogens is 1. The molecule has 0 atom stereocenters. The number of benzene rings is 2. The molecule has 1 heterocycles. The van der Waals surface area contributed by atoms with Crippen molar-refractivity contribution in [3.8, 4) is 0 Å². The van der Waals surface area contributed by atoms with Gasteiger partial charge in [0.2, 0.25) is 0 Å². The Labute approximate surface area is 124 Å². The summed E-state index contributed by atoms with van der Waals surface area (Å²) in [7, 11) is -3.65. The summed E-state index contributed by atoms with van der Waals surface area (Å²) in [4.78, 5) is 0.126. The average molecular weight is 305 g/mol. The summed E-state index contributed by atoms with van der Waals surface area (Å²) in [6.45, 7) is 0.455. The predicted molar refractivity (Wildman–Crippen MR) is 80.3 cm³/mol. The highest BCUT2D eigenvalue weighted by atomic mass is 32.2. The summed E-state index contributed by atoms with van der Waals surface area (Å²) in [5.41, 5.74) is 1.78. The van der Waals surface area contributed by atoms with Gasteiger partial charge in [0.25, 0.3) is 10.0 Å². The largest absolute Gasteiger partial charge is 0.266 e. The number of hydrogen-bond donors (Lipinski definition) is 0. The molecule has 5 heteroatoms. The molecule has 0 spiro atoms. The van der Waals surface area contributed by atoms with Gasteiger partial charge in [0, 0.05) is 6.54 Å². The van der Waals surface area contributed by atoms with Crippen molar-refractivity contribution < 1.29 is 12.8 Å². The lowest BCUT2D eigenvalue weighted by Gasteiger charge is -2.24. The fourth-order valence-electron chi connectivity index (χ4n) is 2.64. The van der Waals surface area contributed by atoms with Gasteiger partial charge in [-0.05, 0) is 55.2 Å². The maximum Gasteiger partial charge on any atom is 0.264 e. The number of sulfonamides is 1. The Kier molecular flexibility index (Phi) is 3.68. The smallest absolute Gasteiger partial charge is 0.264 e. The quantitative estimate of drug-likeness (QED) is 0.853. The van der Waals surface area contributed by atoms with E-state index in [0.29, 0.717) is 6.54 Å². The Morgan fingerprint density at radius 2 is 1.67 bits per heavy atom. The zero-order valence-corrected chi connectivity index (χ0v) is 12.3. The van der Waals surface area contributed by atoms with Gasteiger partial charge >= 0.3 is 0 Å². The number of hydrogen-bond acceptors (Lipinski definition) is 2. The number of nitrogens with zero attached hydrogens (tertiary/aromatic N) is 1. The van der Waals surface area contributed by atoms with Crippen LogP contribution in [-0.2, 0) is 16.4 Å². The topological polar surface area (TPSA) is 37.4 Å². The lowest BCUT2D eigenvalue weighted by molar-refractivity contribution is 0.588. The lowest BCUT2D eigenvalue weighted by atomic mass is 10.1. The van der Waals surface area contributed by atoms with Gasteiger partial charge in [0.15, 0.2) is 0 Å². The van der Waals surface area contributed by atoms with Gasteiger partial charge in [0.05, 0.1) is 10.6 Å². The summed E-state index contributed by atoms with van der Waals surface area (Å²) in [5.74, 6) is -0.440. The van der Waals surface area contributed by atoms with E-state index < -0.39 is 15.8 Å². The Morgan fingerprint density at radius 3 is 2.43 bits per heavy atom. The highest BCUT2D eigenvalue weighted by Crippen LogP contribution is 2.31. The zero-order chi connectivity index (χ0) is 14.9. The predicted octanol–water partition coefficient (Wildman–Crippen LogP) is 3.36. The second-order valence-corrected chi connectivity index (χ2v) is 6.98. The van der Waals surface area contributed by atoms with E-state index in [1.807, 2.05) is 24.3 Å². The van der Waals surface area contributed by atoms with E-state index in [-0.39, 0.29) is 4.90 Å². The van der Waals surface area contributed by atoms with Crippen molar-refractivity contribution in [3.63, 3.8) is 0 Å². The molecular weight excluding hydrogens is 289 g/mol. The van der Waals surface area contributed by atoms with Crippen LogP contribution in [0.15, 0.2) is 53.4 Å². The average Bonchev–Trinajstić information content (AvgIpc) is 2.70. The fourth-order valence-corrected chi connectivity index (χ4v) is 4.18. The van der Waals surface area contributed by atoms with E-state index >= 15 is 0 Å². The minimum absolute atomic E-state index is 0.126. The Hall–Kier alpha value is -1.88. The van der Waals surface area contributed by atoms with Crippen LogP contribution in [0.25, 0.3) is 0 Å². The highest BCUT2D eigenvalue weighted by molar-refractivity contribution is 7.92. The molecule has 2 aromatic rings. The van der Waals surface area contributed by atoms with E-state index in [9.17, 15) is 12.8 Å². The number of fused-ring (bicyclic) bond motifs is 1. The van der Waals surface area contributed by atoms with Crippen molar-refractivity contribution in [2.75, 3.05) is 10.8 Å². The van der Waals surface area contributed by atoms with Gasteiger partial charge in [-0.3, -0.25) is 4.31 Å². The first kappa shape index (κ1) is 14.1. The van der Waals surface area contributed by atoms with E-state index in [1.165, 1.54) is 28.6 Å². The molecule has 0 amide bonds. The third-order valence-corrected chi connectivity index (χ3v) is 5.55. The SMILES string of the molecule is O=S(=O)(c1ccc(F)cc1)N1CCCCc2ccccc21. The number of aryl methyl sites for hydroxylation is 1. The highest BCUT2D eigenvalue weighted by Gasteiger charge is 2.27. The first-order valence-corrected chi connectivity index (χ1v) is 8.39. The summed E-state index contributed by atoms with van der Waals surface area (Å²) in [6.07, 6.45) is 2.66. The van der Waals surface area contributed by atoms with E-state index in [0.717, 1.165) is 30.5 Å². The monoisotopic (exact) mass is 305 g/mol. The fraction of sp³-hybridized carbons (Fsp3) is 0.250. The number of rotatable bonds is 2. The molecule has 0 N–H and O–H groups in total. The third-order valence-electron chi connectivity index (χ3n) is 3.72. The van der Waals surface area contributed by atoms with Crippen LogP contribution in [0.2, 0.25) is 0 Å². The van der Waals surface area contributed by atoms with Crippen LogP contribution in [0, 0.1) is 5.82 Å². The van der Waals surface area contributed by atoms with Gasteiger partial charge in [-0.2, -0.15) is 0 Å². The van der Waals surface area contributed by atoms with Gasteiger partial charge in [-0.1, -0.05) is 18.2 Å². The molecule has 0 unspecified atom stereocenters. The van der Waals surface area contributed by atoms with Gasteiger partial charge in [-0.15, -0.1) is 0 Å². The lowest BCUT2D eigenvalue weighted by Crippen LogP contribution is -2.31. The molecule has 0 fully saturated rings. The molecule has 2 aromatic carbocycles. The minimum Gasteiger partial charge on any atom is -0.266 e.